The first-order valence-corrected chi connectivity index (χ1v) is 6.03. The topological polar surface area (TPSA) is 73.8 Å². The molecule has 0 bridgehead atoms. The lowest BCUT2D eigenvalue weighted by Gasteiger charge is -2.00. The van der Waals surface area contributed by atoms with Crippen LogP contribution in [0.2, 0.25) is 0 Å². The van der Waals surface area contributed by atoms with E-state index in [1.807, 2.05) is 35.8 Å². The van der Waals surface area contributed by atoms with Gasteiger partial charge >= 0.3 is 5.00 Å². The standard InChI is InChI=1S/C11H8N4O2S/c1-7-13-8-4-2-3-5-9(8)14(7)11-12-6-10(18-11)15(16)17/h2-6H,1H3. The van der Waals surface area contributed by atoms with Crippen molar-refractivity contribution in [2.24, 2.45) is 0 Å². The third-order valence-electron chi connectivity index (χ3n) is 2.58. The highest BCUT2D eigenvalue weighted by atomic mass is 32.1. The van der Waals surface area contributed by atoms with Crippen LogP contribution in [-0.2, 0) is 0 Å². The first kappa shape index (κ1) is 10.8. The molecule has 90 valence electrons. The highest BCUT2D eigenvalue weighted by molar-refractivity contribution is 7.17. The van der Waals surface area contributed by atoms with Crippen molar-refractivity contribution in [2.75, 3.05) is 0 Å². The van der Waals surface area contributed by atoms with Gasteiger partial charge in [-0.2, -0.15) is 0 Å². The third kappa shape index (κ3) is 1.56. The average molecular weight is 260 g/mol. The molecule has 18 heavy (non-hydrogen) atoms. The highest BCUT2D eigenvalue weighted by Crippen LogP contribution is 2.28. The molecule has 6 nitrogen and oxygen atoms in total. The van der Waals surface area contributed by atoms with Gasteiger partial charge in [0.2, 0.25) is 5.13 Å². The quantitative estimate of drug-likeness (QED) is 0.524. The molecule has 0 saturated heterocycles. The maximum absolute atomic E-state index is 10.7. The molecule has 0 aliphatic heterocycles. The van der Waals surface area contributed by atoms with E-state index < -0.39 is 4.92 Å². The van der Waals surface area contributed by atoms with E-state index in [9.17, 15) is 10.1 Å². The van der Waals surface area contributed by atoms with Crippen molar-refractivity contribution in [1.29, 1.82) is 0 Å². The van der Waals surface area contributed by atoms with E-state index in [4.69, 9.17) is 0 Å². The number of rotatable bonds is 2. The van der Waals surface area contributed by atoms with Crippen LogP contribution in [0.1, 0.15) is 5.82 Å². The second kappa shape index (κ2) is 3.88. The summed E-state index contributed by atoms with van der Waals surface area (Å²) in [5, 5.41) is 11.3. The maximum Gasteiger partial charge on any atom is 0.345 e. The van der Waals surface area contributed by atoms with Gasteiger partial charge in [0.25, 0.3) is 0 Å². The molecule has 0 aliphatic rings. The zero-order valence-electron chi connectivity index (χ0n) is 9.40. The van der Waals surface area contributed by atoms with Gasteiger partial charge in [-0.25, -0.2) is 9.97 Å². The lowest BCUT2D eigenvalue weighted by Crippen LogP contribution is -1.95. The largest absolute Gasteiger partial charge is 0.345 e. The molecule has 2 heterocycles. The van der Waals surface area contributed by atoms with Crippen molar-refractivity contribution < 1.29 is 4.92 Å². The summed E-state index contributed by atoms with van der Waals surface area (Å²) in [6.45, 7) is 1.85. The zero-order chi connectivity index (χ0) is 12.7. The Morgan fingerprint density at radius 1 is 1.39 bits per heavy atom. The first-order valence-electron chi connectivity index (χ1n) is 5.21. The molecule has 0 aliphatic carbocycles. The van der Waals surface area contributed by atoms with Crippen molar-refractivity contribution in [3.63, 3.8) is 0 Å². The van der Waals surface area contributed by atoms with Gasteiger partial charge in [-0.05, 0) is 30.4 Å². The van der Waals surface area contributed by atoms with Gasteiger partial charge in [0.05, 0.1) is 16.0 Å². The van der Waals surface area contributed by atoms with E-state index in [2.05, 4.69) is 9.97 Å². The molecule has 0 saturated carbocycles. The predicted molar refractivity (Wildman–Crippen MR) is 68.1 cm³/mol. The summed E-state index contributed by atoms with van der Waals surface area (Å²) in [4.78, 5) is 18.7. The smallest absolute Gasteiger partial charge is 0.272 e. The van der Waals surface area contributed by atoms with Crippen molar-refractivity contribution >= 4 is 27.4 Å². The third-order valence-corrected chi connectivity index (χ3v) is 3.52. The number of benzene rings is 1. The van der Waals surface area contributed by atoms with Crippen LogP contribution < -0.4 is 0 Å². The number of nitrogens with zero attached hydrogens (tertiary/aromatic N) is 4. The first-order chi connectivity index (χ1) is 8.66. The van der Waals surface area contributed by atoms with E-state index in [1.165, 1.54) is 6.20 Å². The van der Waals surface area contributed by atoms with Crippen LogP contribution >= 0.6 is 11.3 Å². The molecule has 0 radical (unpaired) electrons. The molecule has 3 aromatic rings. The summed E-state index contributed by atoms with van der Waals surface area (Å²) in [6.07, 6.45) is 1.27. The van der Waals surface area contributed by atoms with Crippen LogP contribution in [-0.4, -0.2) is 19.5 Å². The van der Waals surface area contributed by atoms with Crippen molar-refractivity contribution in [1.82, 2.24) is 14.5 Å². The van der Waals surface area contributed by atoms with Crippen LogP contribution in [0.15, 0.2) is 30.5 Å². The van der Waals surface area contributed by atoms with Crippen molar-refractivity contribution in [2.45, 2.75) is 6.92 Å². The number of fused-ring (bicyclic) bond motifs is 1. The number of aromatic nitrogens is 3. The second-order valence-electron chi connectivity index (χ2n) is 3.72. The minimum atomic E-state index is -0.435. The monoisotopic (exact) mass is 260 g/mol. The summed E-state index contributed by atoms with van der Waals surface area (Å²) in [5.41, 5.74) is 1.76. The van der Waals surface area contributed by atoms with Gasteiger partial charge in [-0.1, -0.05) is 12.1 Å². The molecule has 0 amide bonds. The Balaban J connectivity index is 2.24. The molecule has 0 fully saturated rings. The lowest BCUT2D eigenvalue weighted by atomic mass is 10.3. The lowest BCUT2D eigenvalue weighted by molar-refractivity contribution is -0.380. The SMILES string of the molecule is Cc1nc2ccccc2n1-c1ncc([N+](=O)[O-])s1. The number of para-hydroxylation sites is 2. The van der Waals surface area contributed by atoms with Gasteiger partial charge in [-0.3, -0.25) is 14.7 Å². The molecule has 0 unspecified atom stereocenters. The number of imidazole rings is 1. The van der Waals surface area contributed by atoms with Gasteiger partial charge in [0.15, 0.2) is 0 Å². The molecule has 0 atom stereocenters. The van der Waals surface area contributed by atoms with Crippen LogP contribution in [0, 0.1) is 17.0 Å². The number of thiazole rings is 1. The van der Waals surface area contributed by atoms with Crippen LogP contribution in [0.5, 0.6) is 0 Å². The Morgan fingerprint density at radius 3 is 2.89 bits per heavy atom. The molecule has 1 aromatic carbocycles. The van der Waals surface area contributed by atoms with E-state index >= 15 is 0 Å². The van der Waals surface area contributed by atoms with Gasteiger partial charge < -0.3 is 0 Å². The van der Waals surface area contributed by atoms with Crippen LogP contribution in [0.3, 0.4) is 0 Å². The Kier molecular flexibility index (Phi) is 2.34. The number of nitro groups is 1. The second-order valence-corrected chi connectivity index (χ2v) is 4.71. The van der Waals surface area contributed by atoms with Gasteiger partial charge in [0.1, 0.15) is 12.0 Å². The minimum Gasteiger partial charge on any atom is -0.272 e. The average Bonchev–Trinajstić information content (AvgIpc) is 2.91. The highest BCUT2D eigenvalue weighted by Gasteiger charge is 2.16. The maximum atomic E-state index is 10.7. The van der Waals surface area contributed by atoms with Gasteiger partial charge in [-0.15, -0.1) is 0 Å². The molecular weight excluding hydrogens is 252 g/mol. The molecule has 0 spiro atoms. The molecule has 7 heteroatoms. The van der Waals surface area contributed by atoms with E-state index in [0.29, 0.717) is 5.13 Å². The minimum absolute atomic E-state index is 0.0298. The Bertz CT molecular complexity index is 746. The molecule has 0 N–H and O–H groups in total. The summed E-state index contributed by atoms with van der Waals surface area (Å²) >= 11 is 1.04. The zero-order valence-corrected chi connectivity index (χ0v) is 10.2. The summed E-state index contributed by atoms with van der Waals surface area (Å²) in [7, 11) is 0. The fraction of sp³-hybridized carbons (Fsp3) is 0.0909. The number of hydrogen-bond acceptors (Lipinski definition) is 5. The molecular formula is C11H8N4O2S. The number of aryl methyl sites for hydroxylation is 1. The van der Waals surface area contributed by atoms with E-state index in [-0.39, 0.29) is 5.00 Å². The van der Waals surface area contributed by atoms with Crippen LogP contribution in [0.25, 0.3) is 16.2 Å². The normalized spacial score (nSPS) is 10.9. The summed E-state index contributed by atoms with van der Waals surface area (Å²) in [5.74, 6) is 0.764. The Labute approximate surface area is 106 Å². The van der Waals surface area contributed by atoms with Crippen molar-refractivity contribution in [3.8, 4) is 5.13 Å². The van der Waals surface area contributed by atoms with Crippen LogP contribution in [0.4, 0.5) is 5.00 Å². The van der Waals surface area contributed by atoms with Crippen molar-refractivity contribution in [3.05, 3.63) is 46.4 Å². The van der Waals surface area contributed by atoms with E-state index in [0.717, 1.165) is 28.2 Å². The predicted octanol–water partition coefficient (Wildman–Crippen LogP) is 2.70. The number of hydrogen-bond donors (Lipinski definition) is 0. The summed E-state index contributed by atoms with van der Waals surface area (Å²) < 4.78 is 1.83. The Morgan fingerprint density at radius 2 is 2.17 bits per heavy atom. The summed E-state index contributed by atoms with van der Waals surface area (Å²) in [6, 6.07) is 7.63. The molecule has 3 rings (SSSR count). The van der Waals surface area contributed by atoms with E-state index in [1.54, 1.807) is 0 Å². The Hall–Kier alpha value is -2.28. The molecule has 2 aromatic heterocycles. The fourth-order valence-corrected chi connectivity index (χ4v) is 2.63. The fourth-order valence-electron chi connectivity index (χ4n) is 1.83. The van der Waals surface area contributed by atoms with Gasteiger partial charge in [0, 0.05) is 0 Å².